The Hall–Kier alpha value is -2.86. The normalized spacial score (nSPS) is 20.9. The molecule has 1 aromatic carbocycles. The molecule has 150 valence electrons. The molecule has 29 heavy (non-hydrogen) atoms. The molecule has 1 fully saturated rings. The molecule has 1 aliphatic carbocycles. The van der Waals surface area contributed by atoms with Crippen molar-refractivity contribution in [3.63, 3.8) is 0 Å². The summed E-state index contributed by atoms with van der Waals surface area (Å²) in [4.78, 5) is 7.14. The summed E-state index contributed by atoms with van der Waals surface area (Å²) in [5.41, 5.74) is 10.7. The van der Waals surface area contributed by atoms with Gasteiger partial charge in [-0.25, -0.2) is 4.68 Å². The Morgan fingerprint density at radius 1 is 1.14 bits per heavy atom. The second-order valence-corrected chi connectivity index (χ2v) is 8.15. The molecule has 2 atom stereocenters. The average molecular weight is 390 g/mol. The van der Waals surface area contributed by atoms with Gasteiger partial charge in [0.1, 0.15) is 12.4 Å². The van der Waals surface area contributed by atoms with Crippen LogP contribution in [0.25, 0.3) is 16.8 Å². The van der Waals surface area contributed by atoms with Crippen molar-refractivity contribution >= 4 is 5.82 Å². The van der Waals surface area contributed by atoms with E-state index in [1.54, 1.807) is 6.20 Å². The van der Waals surface area contributed by atoms with Gasteiger partial charge in [-0.05, 0) is 60.7 Å². The molecule has 2 N–H and O–H groups in total. The fraction of sp³-hybridized carbons (Fsp3) is 0.391. The van der Waals surface area contributed by atoms with Crippen LogP contribution in [0.15, 0.2) is 48.8 Å². The first kappa shape index (κ1) is 18.2. The molecule has 2 aromatic heterocycles. The highest BCUT2D eigenvalue weighted by molar-refractivity contribution is 5.75. The van der Waals surface area contributed by atoms with E-state index in [9.17, 15) is 0 Å². The first-order chi connectivity index (χ1) is 14.2. The zero-order chi connectivity index (χ0) is 19.8. The number of hydrogen-bond donors (Lipinski definition) is 1. The third-order valence-corrected chi connectivity index (χ3v) is 6.20. The molecule has 1 aliphatic heterocycles. The largest absolute Gasteiger partial charge is 0.472 e. The van der Waals surface area contributed by atoms with E-state index in [2.05, 4.69) is 47.4 Å². The highest BCUT2D eigenvalue weighted by atomic mass is 16.5. The molecule has 1 saturated carbocycles. The number of nitrogens with two attached hydrogens (primary N) is 1. The minimum atomic E-state index is 0.287. The van der Waals surface area contributed by atoms with Gasteiger partial charge in [0.15, 0.2) is 0 Å². The van der Waals surface area contributed by atoms with Crippen molar-refractivity contribution in [2.45, 2.75) is 50.8 Å². The third-order valence-electron chi connectivity index (χ3n) is 6.20. The second kappa shape index (κ2) is 7.52. The molecule has 3 aromatic rings. The number of aromatic nitrogens is 3. The molecule has 0 radical (unpaired) electrons. The predicted molar refractivity (Wildman–Crippen MR) is 114 cm³/mol. The molecule has 0 bridgehead atoms. The molecule has 0 saturated heterocycles. The van der Waals surface area contributed by atoms with E-state index in [4.69, 9.17) is 15.5 Å². The van der Waals surface area contributed by atoms with E-state index >= 15 is 0 Å². The van der Waals surface area contributed by atoms with Gasteiger partial charge in [0.2, 0.25) is 5.88 Å². The van der Waals surface area contributed by atoms with Crippen molar-refractivity contribution in [3.8, 4) is 22.7 Å². The first-order valence-electron chi connectivity index (χ1n) is 10.4. The van der Waals surface area contributed by atoms with Gasteiger partial charge in [-0.15, -0.1) is 0 Å². The predicted octanol–water partition coefficient (Wildman–Crippen LogP) is 3.92. The number of ether oxygens (including phenoxy) is 1. The summed E-state index contributed by atoms with van der Waals surface area (Å²) >= 11 is 0. The highest BCUT2D eigenvalue weighted by Gasteiger charge is 2.25. The fourth-order valence-electron chi connectivity index (χ4n) is 4.53. The van der Waals surface area contributed by atoms with Gasteiger partial charge in [-0.3, -0.25) is 0 Å². The average Bonchev–Trinajstić information content (AvgIpc) is 3.20. The summed E-state index contributed by atoms with van der Waals surface area (Å²) in [6.45, 7) is 0.520. The van der Waals surface area contributed by atoms with Gasteiger partial charge in [-0.2, -0.15) is 10.1 Å². The molecule has 2 aliphatic rings. The summed E-state index contributed by atoms with van der Waals surface area (Å²) in [5, 5.41) is 4.32. The van der Waals surface area contributed by atoms with Gasteiger partial charge in [-0.1, -0.05) is 18.9 Å². The van der Waals surface area contributed by atoms with Crippen LogP contribution in [0.5, 0.6) is 5.88 Å². The van der Waals surface area contributed by atoms with Gasteiger partial charge >= 0.3 is 0 Å². The van der Waals surface area contributed by atoms with Crippen molar-refractivity contribution in [2.75, 3.05) is 11.9 Å². The maximum absolute atomic E-state index is 6.27. The zero-order valence-corrected chi connectivity index (χ0v) is 16.8. The summed E-state index contributed by atoms with van der Waals surface area (Å²) in [5.74, 6) is 1.67. The van der Waals surface area contributed by atoms with Crippen molar-refractivity contribution in [1.29, 1.82) is 0 Å². The Kier molecular flexibility index (Phi) is 4.72. The lowest BCUT2D eigenvalue weighted by atomic mass is 9.98. The molecule has 5 rings (SSSR count). The van der Waals surface area contributed by atoms with E-state index in [0.29, 0.717) is 18.5 Å². The molecular weight excluding hydrogens is 362 g/mol. The SMILES string of the molecule is CN(c1ccc2c(n1)OCc1cc(-n3cccn3)ccc1-2)C1CCCCC(N)C1. The van der Waals surface area contributed by atoms with Crippen LogP contribution in [0.1, 0.15) is 37.7 Å². The van der Waals surface area contributed by atoms with Crippen LogP contribution < -0.4 is 15.4 Å². The summed E-state index contributed by atoms with van der Waals surface area (Å²) in [6.07, 6.45) is 9.51. The van der Waals surface area contributed by atoms with Crippen LogP contribution in [0.4, 0.5) is 5.82 Å². The van der Waals surface area contributed by atoms with Crippen LogP contribution >= 0.6 is 0 Å². The highest BCUT2D eigenvalue weighted by Crippen LogP contribution is 2.38. The second-order valence-electron chi connectivity index (χ2n) is 8.15. The smallest absolute Gasteiger partial charge is 0.223 e. The quantitative estimate of drug-likeness (QED) is 0.688. The minimum absolute atomic E-state index is 0.287. The number of hydrogen-bond acceptors (Lipinski definition) is 5. The van der Waals surface area contributed by atoms with Gasteiger partial charge < -0.3 is 15.4 Å². The number of anilines is 1. The first-order valence-corrected chi connectivity index (χ1v) is 10.4. The molecule has 3 heterocycles. The maximum Gasteiger partial charge on any atom is 0.223 e. The van der Waals surface area contributed by atoms with Gasteiger partial charge in [0.05, 0.1) is 5.69 Å². The van der Waals surface area contributed by atoms with Crippen molar-refractivity contribution in [1.82, 2.24) is 14.8 Å². The standard InChI is InChI=1S/C23H27N5O/c1-27(18-6-3-2-5-17(24)14-18)22-10-9-21-20-8-7-19(28-12-4-11-25-28)13-16(20)15-29-23(21)26-22/h4,7-13,17-18H,2-3,5-6,14-15,24H2,1H3. The van der Waals surface area contributed by atoms with Crippen LogP contribution in [0, 0.1) is 0 Å². The Bertz CT molecular complexity index is 1000. The minimum Gasteiger partial charge on any atom is -0.472 e. The Balaban J connectivity index is 1.43. The third kappa shape index (κ3) is 3.49. The van der Waals surface area contributed by atoms with Crippen molar-refractivity contribution < 1.29 is 4.74 Å². The van der Waals surface area contributed by atoms with E-state index in [1.807, 2.05) is 16.9 Å². The molecule has 0 amide bonds. The van der Waals surface area contributed by atoms with Crippen LogP contribution in [-0.4, -0.2) is 33.9 Å². The lowest BCUT2D eigenvalue weighted by Crippen LogP contribution is -2.36. The number of benzene rings is 1. The van der Waals surface area contributed by atoms with Crippen molar-refractivity contribution in [3.05, 3.63) is 54.4 Å². The number of rotatable bonds is 3. The van der Waals surface area contributed by atoms with Gasteiger partial charge in [0, 0.05) is 37.1 Å². The molecular formula is C23H27N5O. The molecule has 6 nitrogen and oxygen atoms in total. The fourth-order valence-corrected chi connectivity index (χ4v) is 4.53. The number of nitrogens with zero attached hydrogens (tertiary/aromatic N) is 4. The number of pyridine rings is 1. The van der Waals surface area contributed by atoms with Crippen LogP contribution in [0.3, 0.4) is 0 Å². The maximum atomic E-state index is 6.27. The number of fused-ring (bicyclic) bond motifs is 3. The van der Waals surface area contributed by atoms with Crippen LogP contribution in [0.2, 0.25) is 0 Å². The lowest BCUT2D eigenvalue weighted by Gasteiger charge is -2.30. The van der Waals surface area contributed by atoms with E-state index in [1.165, 1.54) is 24.8 Å². The Morgan fingerprint density at radius 2 is 2.00 bits per heavy atom. The summed E-state index contributed by atoms with van der Waals surface area (Å²) in [7, 11) is 2.13. The Labute approximate surface area is 171 Å². The van der Waals surface area contributed by atoms with Crippen molar-refractivity contribution in [2.24, 2.45) is 5.73 Å². The molecule has 2 unspecified atom stereocenters. The topological polar surface area (TPSA) is 69.2 Å². The zero-order valence-electron chi connectivity index (χ0n) is 16.8. The summed E-state index contributed by atoms with van der Waals surface area (Å²) in [6, 6.07) is 13.3. The van der Waals surface area contributed by atoms with E-state index < -0.39 is 0 Å². The Morgan fingerprint density at radius 3 is 2.86 bits per heavy atom. The lowest BCUT2D eigenvalue weighted by molar-refractivity contribution is 0.290. The van der Waals surface area contributed by atoms with Gasteiger partial charge in [0.25, 0.3) is 0 Å². The van der Waals surface area contributed by atoms with E-state index in [-0.39, 0.29) is 6.04 Å². The van der Waals surface area contributed by atoms with E-state index in [0.717, 1.165) is 35.5 Å². The molecule has 6 heteroatoms. The molecule has 0 spiro atoms. The van der Waals surface area contributed by atoms with Crippen LogP contribution in [-0.2, 0) is 6.61 Å². The summed E-state index contributed by atoms with van der Waals surface area (Å²) < 4.78 is 7.92. The monoisotopic (exact) mass is 389 g/mol.